The molecular weight excluding hydrogens is 647 g/mol. The molecule has 8 nitrogen and oxygen atoms in total. The van der Waals surface area contributed by atoms with Gasteiger partial charge in [0, 0.05) is 19.5 Å². The van der Waals surface area contributed by atoms with E-state index < -0.39 is 28.5 Å². The van der Waals surface area contributed by atoms with E-state index >= 15 is 0 Å². The molecule has 0 aliphatic rings. The van der Waals surface area contributed by atoms with Crippen molar-refractivity contribution in [2.24, 2.45) is 0 Å². The number of aryl methyl sites for hydroxylation is 2. The number of carbonyl (C=O) groups excluding carboxylic acids is 2. The molecule has 0 heterocycles. The Bertz CT molecular complexity index is 1970. The minimum absolute atomic E-state index is 0.0484. The quantitative estimate of drug-likeness (QED) is 0.123. The van der Waals surface area contributed by atoms with Crippen molar-refractivity contribution in [3.05, 3.63) is 156 Å². The largest absolute Gasteiger partial charge is 0.457 e. The third-order valence-electron chi connectivity index (χ3n) is 8.25. The van der Waals surface area contributed by atoms with Crippen LogP contribution in [0.1, 0.15) is 35.6 Å². The lowest BCUT2D eigenvalue weighted by Crippen LogP contribution is -2.53. The van der Waals surface area contributed by atoms with Crippen LogP contribution in [-0.2, 0) is 32.6 Å². The van der Waals surface area contributed by atoms with Crippen molar-refractivity contribution in [2.45, 2.75) is 51.1 Å². The van der Waals surface area contributed by atoms with E-state index in [1.165, 1.54) is 17.0 Å². The number of ether oxygens (including phenoxy) is 1. The van der Waals surface area contributed by atoms with Gasteiger partial charge in [-0.25, -0.2) is 8.42 Å². The monoisotopic (exact) mass is 689 g/mol. The number of hydrogen-bond acceptors (Lipinski definition) is 5. The van der Waals surface area contributed by atoms with E-state index in [0.717, 1.165) is 33.0 Å². The highest BCUT2D eigenvalue weighted by Crippen LogP contribution is 2.29. The lowest BCUT2D eigenvalue weighted by molar-refractivity contribution is -0.140. The molecule has 0 aliphatic heterocycles. The van der Waals surface area contributed by atoms with E-state index in [9.17, 15) is 18.0 Å². The Balaban J connectivity index is 1.55. The first-order valence-electron chi connectivity index (χ1n) is 16.7. The number of sulfonamides is 1. The number of benzene rings is 5. The molecule has 1 atom stereocenters. The second-order valence-electron chi connectivity index (χ2n) is 12.2. The van der Waals surface area contributed by atoms with E-state index in [1.54, 1.807) is 36.4 Å². The van der Waals surface area contributed by atoms with Crippen molar-refractivity contribution < 1.29 is 22.7 Å². The van der Waals surface area contributed by atoms with Gasteiger partial charge in [0.1, 0.15) is 24.1 Å². The van der Waals surface area contributed by atoms with Crippen molar-refractivity contribution >= 4 is 27.5 Å². The summed E-state index contributed by atoms with van der Waals surface area (Å²) < 4.78 is 35.8. The summed E-state index contributed by atoms with van der Waals surface area (Å²) in [6.07, 6.45) is 0.979. The predicted octanol–water partition coefficient (Wildman–Crippen LogP) is 7.46. The minimum Gasteiger partial charge on any atom is -0.457 e. The summed E-state index contributed by atoms with van der Waals surface area (Å²) in [4.78, 5) is 30.1. The predicted molar refractivity (Wildman–Crippen MR) is 198 cm³/mol. The molecule has 0 saturated carbocycles. The zero-order valence-electron chi connectivity index (χ0n) is 28.7. The molecule has 0 radical (unpaired) electrons. The number of nitrogens with zero attached hydrogens (tertiary/aromatic N) is 2. The maximum absolute atomic E-state index is 14.7. The van der Waals surface area contributed by atoms with E-state index in [4.69, 9.17) is 4.74 Å². The van der Waals surface area contributed by atoms with Gasteiger partial charge in [0.25, 0.3) is 10.0 Å². The zero-order valence-corrected chi connectivity index (χ0v) is 29.5. The average Bonchev–Trinajstić information content (AvgIpc) is 3.12. The molecule has 258 valence electrons. The zero-order chi connectivity index (χ0) is 35.5. The van der Waals surface area contributed by atoms with E-state index in [2.05, 4.69) is 5.32 Å². The van der Waals surface area contributed by atoms with Gasteiger partial charge in [-0.1, -0.05) is 103 Å². The summed E-state index contributed by atoms with van der Waals surface area (Å²) in [5, 5.41) is 2.98. The van der Waals surface area contributed by atoms with Gasteiger partial charge in [-0.15, -0.1) is 0 Å². The van der Waals surface area contributed by atoms with Crippen LogP contribution in [0.4, 0.5) is 5.69 Å². The van der Waals surface area contributed by atoms with Crippen LogP contribution >= 0.6 is 0 Å². The lowest BCUT2D eigenvalue weighted by atomic mass is 10.0. The number of carbonyl (C=O) groups is 2. The maximum Gasteiger partial charge on any atom is 0.264 e. The molecule has 9 heteroatoms. The Morgan fingerprint density at radius 1 is 0.720 bits per heavy atom. The highest BCUT2D eigenvalue weighted by molar-refractivity contribution is 7.92. The van der Waals surface area contributed by atoms with Gasteiger partial charge in [-0.2, -0.15) is 0 Å². The molecule has 5 rings (SSSR count). The molecule has 0 saturated heterocycles. The van der Waals surface area contributed by atoms with Crippen LogP contribution in [0.5, 0.6) is 11.5 Å². The number of hydrogen-bond donors (Lipinski definition) is 1. The SMILES string of the molecule is CCCNC(=O)C(Cc1ccccc1)N(Cc1cccc(C)c1)C(=O)CN(c1ccc(Oc2ccccc2)cc1)S(=O)(=O)c1ccc(C)cc1. The Morgan fingerprint density at radius 3 is 1.98 bits per heavy atom. The number of nitrogens with one attached hydrogen (secondary N) is 1. The third-order valence-corrected chi connectivity index (χ3v) is 10.0. The van der Waals surface area contributed by atoms with Gasteiger partial charge in [0.05, 0.1) is 10.6 Å². The Kier molecular flexibility index (Phi) is 12.1. The van der Waals surface area contributed by atoms with Crippen LogP contribution in [0, 0.1) is 13.8 Å². The molecule has 2 amide bonds. The molecule has 0 fully saturated rings. The average molecular weight is 690 g/mol. The first-order chi connectivity index (χ1) is 24.1. The molecule has 5 aromatic carbocycles. The summed E-state index contributed by atoms with van der Waals surface area (Å²) in [5.74, 6) is 0.333. The number of para-hydroxylation sites is 1. The van der Waals surface area contributed by atoms with Gasteiger partial charge in [0.15, 0.2) is 0 Å². The molecular formula is C41H43N3O5S. The lowest BCUT2D eigenvalue weighted by Gasteiger charge is -2.34. The molecule has 1 N–H and O–H groups in total. The Labute approximate surface area is 295 Å². The van der Waals surface area contributed by atoms with Crippen molar-refractivity contribution in [1.82, 2.24) is 10.2 Å². The van der Waals surface area contributed by atoms with Crippen LogP contribution in [-0.4, -0.2) is 44.3 Å². The molecule has 0 aromatic heterocycles. The van der Waals surface area contributed by atoms with Crippen LogP contribution in [0.3, 0.4) is 0 Å². The highest BCUT2D eigenvalue weighted by Gasteiger charge is 2.34. The second kappa shape index (κ2) is 16.8. The van der Waals surface area contributed by atoms with Crippen LogP contribution in [0.15, 0.2) is 138 Å². The number of rotatable bonds is 15. The third kappa shape index (κ3) is 9.39. The minimum atomic E-state index is -4.23. The smallest absolute Gasteiger partial charge is 0.264 e. The summed E-state index contributed by atoms with van der Waals surface area (Å²) in [6, 6.07) is 38.7. The maximum atomic E-state index is 14.7. The standard InChI is InChI=1S/C41H43N3O5S/c1-4-26-42-41(46)39(28-33-13-7-5-8-14-33)43(29-34-15-11-12-32(3)27-34)40(45)30-44(50(47,48)38-24-18-31(2)19-25-38)35-20-22-37(23-21-35)49-36-16-9-6-10-17-36/h5-25,27,39H,4,26,28-30H2,1-3H3,(H,42,46). The van der Waals surface area contributed by atoms with Gasteiger partial charge in [0.2, 0.25) is 11.8 Å². The van der Waals surface area contributed by atoms with Crippen molar-refractivity contribution in [3.63, 3.8) is 0 Å². The Morgan fingerprint density at radius 2 is 1.34 bits per heavy atom. The molecule has 50 heavy (non-hydrogen) atoms. The normalized spacial score (nSPS) is 11.7. The summed E-state index contributed by atoms with van der Waals surface area (Å²) >= 11 is 0. The second-order valence-corrected chi connectivity index (χ2v) is 14.1. The van der Waals surface area contributed by atoms with Gasteiger partial charge >= 0.3 is 0 Å². The summed E-state index contributed by atoms with van der Waals surface area (Å²) in [5.41, 5.74) is 3.90. The fourth-order valence-corrected chi connectivity index (χ4v) is 7.01. The first kappa shape index (κ1) is 35.9. The summed E-state index contributed by atoms with van der Waals surface area (Å²) in [7, 11) is -4.23. The number of amides is 2. The highest BCUT2D eigenvalue weighted by atomic mass is 32.2. The van der Waals surface area contributed by atoms with Crippen molar-refractivity contribution in [1.29, 1.82) is 0 Å². The van der Waals surface area contributed by atoms with E-state index in [1.807, 2.05) is 106 Å². The van der Waals surface area contributed by atoms with Crippen LogP contribution in [0.2, 0.25) is 0 Å². The van der Waals surface area contributed by atoms with E-state index in [0.29, 0.717) is 18.0 Å². The van der Waals surface area contributed by atoms with E-state index in [-0.39, 0.29) is 29.5 Å². The van der Waals surface area contributed by atoms with Gasteiger partial charge < -0.3 is 15.0 Å². The molecule has 0 spiro atoms. The summed E-state index contributed by atoms with van der Waals surface area (Å²) in [6.45, 7) is 5.83. The van der Waals surface area contributed by atoms with Gasteiger partial charge in [-0.05, 0) is 79.9 Å². The fourth-order valence-electron chi connectivity index (χ4n) is 5.60. The van der Waals surface area contributed by atoms with Crippen molar-refractivity contribution in [2.75, 3.05) is 17.4 Å². The molecule has 5 aromatic rings. The van der Waals surface area contributed by atoms with Crippen molar-refractivity contribution in [3.8, 4) is 11.5 Å². The number of anilines is 1. The molecule has 0 bridgehead atoms. The van der Waals surface area contributed by atoms with Crippen LogP contribution < -0.4 is 14.4 Å². The van der Waals surface area contributed by atoms with Crippen LogP contribution in [0.25, 0.3) is 0 Å². The first-order valence-corrected chi connectivity index (χ1v) is 18.2. The fraction of sp³-hybridized carbons (Fsp3) is 0.220. The molecule has 1 unspecified atom stereocenters. The topological polar surface area (TPSA) is 96.0 Å². The van der Waals surface area contributed by atoms with Gasteiger partial charge in [-0.3, -0.25) is 13.9 Å². The Hall–Kier alpha value is -5.41. The molecule has 0 aliphatic carbocycles.